The fraction of sp³-hybridized carbons (Fsp3) is 0.909. The first-order chi connectivity index (χ1) is 7.25. The van der Waals surface area contributed by atoms with Gasteiger partial charge < -0.3 is 15.4 Å². The molecule has 1 amide bonds. The third kappa shape index (κ3) is 4.18. The van der Waals surface area contributed by atoms with E-state index in [1.54, 1.807) is 0 Å². The SMILES string of the molecule is C[C@@H]1COCCN1C(=O)CCCCCN. The predicted octanol–water partition coefficient (Wildman–Crippen LogP) is 0.753. The molecule has 1 rings (SSSR count). The van der Waals surface area contributed by atoms with Crippen molar-refractivity contribution < 1.29 is 9.53 Å². The second-order valence-corrected chi connectivity index (χ2v) is 4.11. The van der Waals surface area contributed by atoms with Gasteiger partial charge >= 0.3 is 0 Å². The molecule has 1 aliphatic rings. The molecule has 1 saturated heterocycles. The maximum atomic E-state index is 11.8. The lowest BCUT2D eigenvalue weighted by Gasteiger charge is -2.33. The first-order valence-corrected chi connectivity index (χ1v) is 5.83. The van der Waals surface area contributed by atoms with Crippen LogP contribution in [0.25, 0.3) is 0 Å². The van der Waals surface area contributed by atoms with Crippen LogP contribution in [0.2, 0.25) is 0 Å². The standard InChI is InChI=1S/C11H22N2O2/c1-10-9-15-8-7-13(10)11(14)5-3-2-4-6-12/h10H,2-9,12H2,1H3/t10-/m1/s1. The summed E-state index contributed by atoms with van der Waals surface area (Å²) in [6, 6.07) is 0.237. The van der Waals surface area contributed by atoms with Crippen LogP contribution in [-0.2, 0) is 9.53 Å². The van der Waals surface area contributed by atoms with Crippen LogP contribution in [0, 0.1) is 0 Å². The molecule has 4 heteroatoms. The van der Waals surface area contributed by atoms with Crippen molar-refractivity contribution in [2.75, 3.05) is 26.3 Å². The lowest BCUT2D eigenvalue weighted by atomic mass is 10.1. The fourth-order valence-corrected chi connectivity index (χ4v) is 1.84. The Morgan fingerprint density at radius 2 is 2.27 bits per heavy atom. The van der Waals surface area contributed by atoms with Crippen LogP contribution < -0.4 is 5.73 Å². The molecule has 4 nitrogen and oxygen atoms in total. The molecule has 1 aliphatic heterocycles. The van der Waals surface area contributed by atoms with Crippen molar-refractivity contribution >= 4 is 5.91 Å². The van der Waals surface area contributed by atoms with Crippen LogP contribution in [-0.4, -0.2) is 43.2 Å². The summed E-state index contributed by atoms with van der Waals surface area (Å²) in [6.45, 7) is 4.86. The summed E-state index contributed by atoms with van der Waals surface area (Å²) in [7, 11) is 0. The molecule has 0 aromatic heterocycles. The highest BCUT2D eigenvalue weighted by molar-refractivity contribution is 5.76. The van der Waals surface area contributed by atoms with E-state index in [9.17, 15) is 4.79 Å². The van der Waals surface area contributed by atoms with Gasteiger partial charge in [-0.05, 0) is 26.3 Å². The highest BCUT2D eigenvalue weighted by atomic mass is 16.5. The molecule has 0 unspecified atom stereocenters. The summed E-state index contributed by atoms with van der Waals surface area (Å²) in [4.78, 5) is 13.7. The smallest absolute Gasteiger partial charge is 0.222 e. The van der Waals surface area contributed by atoms with E-state index in [1.165, 1.54) is 0 Å². The Balaban J connectivity index is 2.20. The molecule has 0 bridgehead atoms. The van der Waals surface area contributed by atoms with Crippen molar-refractivity contribution in [2.45, 2.75) is 38.6 Å². The molecule has 0 radical (unpaired) electrons. The number of hydrogen-bond donors (Lipinski definition) is 1. The first kappa shape index (κ1) is 12.5. The second-order valence-electron chi connectivity index (χ2n) is 4.11. The van der Waals surface area contributed by atoms with Gasteiger partial charge in [0.25, 0.3) is 0 Å². The third-order valence-corrected chi connectivity index (χ3v) is 2.78. The molecular formula is C11H22N2O2. The number of carbonyl (C=O) groups is 1. The Hall–Kier alpha value is -0.610. The topological polar surface area (TPSA) is 55.6 Å². The lowest BCUT2D eigenvalue weighted by Crippen LogP contribution is -2.47. The van der Waals surface area contributed by atoms with E-state index in [2.05, 4.69) is 0 Å². The van der Waals surface area contributed by atoms with Crippen molar-refractivity contribution in [3.63, 3.8) is 0 Å². The van der Waals surface area contributed by atoms with Crippen LogP contribution >= 0.6 is 0 Å². The molecular weight excluding hydrogens is 192 g/mol. The normalized spacial score (nSPS) is 21.7. The van der Waals surface area contributed by atoms with E-state index >= 15 is 0 Å². The van der Waals surface area contributed by atoms with Crippen molar-refractivity contribution in [3.05, 3.63) is 0 Å². The largest absolute Gasteiger partial charge is 0.377 e. The van der Waals surface area contributed by atoms with E-state index in [1.807, 2.05) is 11.8 Å². The molecule has 0 saturated carbocycles. The van der Waals surface area contributed by atoms with E-state index < -0.39 is 0 Å². The molecule has 88 valence electrons. The van der Waals surface area contributed by atoms with Crippen LogP contribution in [0.4, 0.5) is 0 Å². The minimum atomic E-state index is 0.237. The van der Waals surface area contributed by atoms with Crippen LogP contribution in [0.5, 0.6) is 0 Å². The molecule has 0 aromatic rings. The van der Waals surface area contributed by atoms with Crippen LogP contribution in [0.3, 0.4) is 0 Å². The van der Waals surface area contributed by atoms with Crippen molar-refractivity contribution in [1.82, 2.24) is 4.90 Å². The summed E-state index contributed by atoms with van der Waals surface area (Å²) in [6.07, 6.45) is 3.69. The summed E-state index contributed by atoms with van der Waals surface area (Å²) >= 11 is 0. The average Bonchev–Trinajstić information content (AvgIpc) is 2.25. The number of nitrogens with two attached hydrogens (primary N) is 1. The zero-order valence-electron chi connectivity index (χ0n) is 9.58. The van der Waals surface area contributed by atoms with Gasteiger partial charge in [-0.25, -0.2) is 0 Å². The summed E-state index contributed by atoms with van der Waals surface area (Å²) in [5.41, 5.74) is 5.40. The molecule has 0 aromatic carbocycles. The van der Waals surface area contributed by atoms with Gasteiger partial charge in [0.05, 0.1) is 19.3 Å². The van der Waals surface area contributed by atoms with Gasteiger partial charge in [0, 0.05) is 13.0 Å². The minimum Gasteiger partial charge on any atom is -0.377 e. The Bertz CT molecular complexity index is 197. The second kappa shape index (κ2) is 6.80. The van der Waals surface area contributed by atoms with Gasteiger partial charge in [0.1, 0.15) is 0 Å². The number of nitrogens with zero attached hydrogens (tertiary/aromatic N) is 1. The van der Waals surface area contributed by atoms with Gasteiger partial charge in [0.2, 0.25) is 5.91 Å². The Morgan fingerprint density at radius 3 is 2.93 bits per heavy atom. The molecule has 0 aliphatic carbocycles. The Labute approximate surface area is 91.8 Å². The summed E-state index contributed by atoms with van der Waals surface area (Å²) in [5, 5.41) is 0. The van der Waals surface area contributed by atoms with Gasteiger partial charge in [-0.1, -0.05) is 6.42 Å². The van der Waals surface area contributed by atoms with Crippen molar-refractivity contribution in [2.24, 2.45) is 5.73 Å². The molecule has 1 atom stereocenters. The number of unbranched alkanes of at least 4 members (excludes halogenated alkanes) is 2. The zero-order chi connectivity index (χ0) is 11.1. The van der Waals surface area contributed by atoms with Gasteiger partial charge in [-0.15, -0.1) is 0 Å². The number of amides is 1. The number of morpholine rings is 1. The van der Waals surface area contributed by atoms with E-state index in [4.69, 9.17) is 10.5 Å². The number of rotatable bonds is 5. The molecule has 1 heterocycles. The number of ether oxygens (including phenoxy) is 1. The highest BCUT2D eigenvalue weighted by Gasteiger charge is 2.22. The monoisotopic (exact) mass is 214 g/mol. The quantitative estimate of drug-likeness (QED) is 0.687. The summed E-state index contributed by atoms with van der Waals surface area (Å²) in [5.74, 6) is 0.267. The Morgan fingerprint density at radius 1 is 1.47 bits per heavy atom. The zero-order valence-corrected chi connectivity index (χ0v) is 9.58. The van der Waals surface area contributed by atoms with Gasteiger partial charge in [-0.3, -0.25) is 4.79 Å². The molecule has 2 N–H and O–H groups in total. The van der Waals surface area contributed by atoms with E-state index in [-0.39, 0.29) is 11.9 Å². The maximum Gasteiger partial charge on any atom is 0.222 e. The lowest BCUT2D eigenvalue weighted by molar-refractivity contribution is -0.139. The fourth-order valence-electron chi connectivity index (χ4n) is 1.84. The van der Waals surface area contributed by atoms with Gasteiger partial charge in [0.15, 0.2) is 0 Å². The predicted molar refractivity (Wildman–Crippen MR) is 59.5 cm³/mol. The molecule has 0 spiro atoms. The summed E-state index contributed by atoms with van der Waals surface area (Å²) < 4.78 is 5.29. The van der Waals surface area contributed by atoms with Crippen molar-refractivity contribution in [3.8, 4) is 0 Å². The van der Waals surface area contributed by atoms with Crippen LogP contribution in [0.15, 0.2) is 0 Å². The Kier molecular flexibility index (Phi) is 5.65. The van der Waals surface area contributed by atoms with E-state index in [0.29, 0.717) is 19.6 Å². The highest BCUT2D eigenvalue weighted by Crippen LogP contribution is 2.10. The first-order valence-electron chi connectivity index (χ1n) is 5.83. The molecule has 15 heavy (non-hydrogen) atoms. The third-order valence-electron chi connectivity index (χ3n) is 2.78. The number of hydrogen-bond acceptors (Lipinski definition) is 3. The van der Waals surface area contributed by atoms with Crippen LogP contribution in [0.1, 0.15) is 32.6 Å². The van der Waals surface area contributed by atoms with Gasteiger partial charge in [-0.2, -0.15) is 0 Å². The van der Waals surface area contributed by atoms with E-state index in [0.717, 1.165) is 32.4 Å². The minimum absolute atomic E-state index is 0.237. The number of carbonyl (C=O) groups excluding carboxylic acids is 1. The molecule has 1 fully saturated rings. The average molecular weight is 214 g/mol. The van der Waals surface area contributed by atoms with Crippen molar-refractivity contribution in [1.29, 1.82) is 0 Å². The maximum absolute atomic E-state index is 11.8.